The maximum Gasteiger partial charge on any atom is 0.239 e. The van der Waals surface area contributed by atoms with E-state index in [1.54, 1.807) is 0 Å². The van der Waals surface area contributed by atoms with Crippen molar-refractivity contribution in [2.45, 2.75) is 52.5 Å². The Hall–Kier alpha value is -1.51. The molecule has 1 amide bonds. The van der Waals surface area contributed by atoms with Crippen molar-refractivity contribution in [3.8, 4) is 0 Å². The molecule has 3 heteroatoms. The van der Waals surface area contributed by atoms with Gasteiger partial charge in [0.1, 0.15) is 0 Å². The first-order valence-corrected chi connectivity index (χ1v) is 7.20. The lowest BCUT2D eigenvalue weighted by Crippen LogP contribution is -2.37. The second kappa shape index (κ2) is 7.82. The van der Waals surface area contributed by atoms with Gasteiger partial charge in [0.2, 0.25) is 5.91 Å². The SMILES string of the molecule is CCC(CC)NC(=O)CNc1cccc(C(C)C)c1. The van der Waals surface area contributed by atoms with Crippen molar-refractivity contribution in [1.29, 1.82) is 0 Å². The van der Waals surface area contributed by atoms with E-state index >= 15 is 0 Å². The molecule has 0 saturated carbocycles. The van der Waals surface area contributed by atoms with Crippen molar-refractivity contribution in [3.05, 3.63) is 29.8 Å². The quantitative estimate of drug-likeness (QED) is 0.789. The van der Waals surface area contributed by atoms with E-state index in [-0.39, 0.29) is 11.9 Å². The Morgan fingerprint density at radius 3 is 2.47 bits per heavy atom. The summed E-state index contributed by atoms with van der Waals surface area (Å²) >= 11 is 0. The van der Waals surface area contributed by atoms with Gasteiger partial charge in [-0.15, -0.1) is 0 Å². The summed E-state index contributed by atoms with van der Waals surface area (Å²) in [7, 11) is 0. The topological polar surface area (TPSA) is 41.1 Å². The lowest BCUT2D eigenvalue weighted by Gasteiger charge is -2.15. The second-order valence-corrected chi connectivity index (χ2v) is 5.21. The van der Waals surface area contributed by atoms with Gasteiger partial charge in [-0.05, 0) is 36.5 Å². The maximum absolute atomic E-state index is 11.8. The highest BCUT2D eigenvalue weighted by Crippen LogP contribution is 2.18. The first-order chi connectivity index (χ1) is 9.06. The van der Waals surface area contributed by atoms with Crippen molar-refractivity contribution in [1.82, 2.24) is 5.32 Å². The van der Waals surface area contributed by atoms with Crippen LogP contribution in [0.3, 0.4) is 0 Å². The zero-order valence-corrected chi connectivity index (χ0v) is 12.5. The fourth-order valence-corrected chi connectivity index (χ4v) is 1.96. The van der Waals surface area contributed by atoms with Gasteiger partial charge in [-0.3, -0.25) is 4.79 Å². The van der Waals surface area contributed by atoms with Crippen LogP contribution in [0.15, 0.2) is 24.3 Å². The van der Waals surface area contributed by atoms with Crippen LogP contribution in [0.4, 0.5) is 5.69 Å². The zero-order valence-electron chi connectivity index (χ0n) is 12.5. The van der Waals surface area contributed by atoms with Crippen molar-refractivity contribution in [2.24, 2.45) is 0 Å². The molecule has 0 aliphatic carbocycles. The van der Waals surface area contributed by atoms with Gasteiger partial charge in [0, 0.05) is 11.7 Å². The predicted octanol–water partition coefficient (Wildman–Crippen LogP) is 3.53. The fourth-order valence-electron chi connectivity index (χ4n) is 1.96. The lowest BCUT2D eigenvalue weighted by molar-refractivity contribution is -0.120. The van der Waals surface area contributed by atoms with E-state index in [0.717, 1.165) is 18.5 Å². The van der Waals surface area contributed by atoms with Crippen LogP contribution in [0.5, 0.6) is 0 Å². The minimum Gasteiger partial charge on any atom is -0.376 e. The third kappa shape index (κ3) is 5.33. The van der Waals surface area contributed by atoms with Crippen LogP contribution in [0.25, 0.3) is 0 Å². The number of amides is 1. The summed E-state index contributed by atoms with van der Waals surface area (Å²) in [5, 5.41) is 6.20. The van der Waals surface area contributed by atoms with Crippen LogP contribution in [-0.2, 0) is 4.79 Å². The minimum absolute atomic E-state index is 0.0589. The molecule has 0 aliphatic rings. The molecule has 1 rings (SSSR count). The van der Waals surface area contributed by atoms with E-state index in [1.165, 1.54) is 5.56 Å². The Morgan fingerprint density at radius 2 is 1.89 bits per heavy atom. The molecular weight excluding hydrogens is 236 g/mol. The summed E-state index contributed by atoms with van der Waals surface area (Å²) in [6, 6.07) is 8.53. The Kier molecular flexibility index (Phi) is 6.40. The number of rotatable bonds is 7. The summed E-state index contributed by atoms with van der Waals surface area (Å²) in [5.74, 6) is 0.559. The van der Waals surface area contributed by atoms with Crippen molar-refractivity contribution >= 4 is 11.6 Å². The van der Waals surface area contributed by atoms with Crippen LogP contribution in [0, 0.1) is 0 Å². The van der Waals surface area contributed by atoms with Crippen LogP contribution < -0.4 is 10.6 Å². The smallest absolute Gasteiger partial charge is 0.239 e. The standard InChI is InChI=1S/C16H26N2O/c1-5-14(6-2)18-16(19)11-17-15-9-7-8-13(10-15)12(3)4/h7-10,12,14,17H,5-6,11H2,1-4H3,(H,18,19). The van der Waals surface area contributed by atoms with Crippen LogP contribution in [-0.4, -0.2) is 18.5 Å². The number of nitrogens with one attached hydrogen (secondary N) is 2. The van der Waals surface area contributed by atoms with E-state index < -0.39 is 0 Å². The van der Waals surface area contributed by atoms with E-state index in [4.69, 9.17) is 0 Å². The fraction of sp³-hybridized carbons (Fsp3) is 0.562. The number of benzene rings is 1. The van der Waals surface area contributed by atoms with Gasteiger partial charge >= 0.3 is 0 Å². The molecule has 1 aromatic rings. The third-order valence-electron chi connectivity index (χ3n) is 3.36. The first kappa shape index (κ1) is 15.5. The Balaban J connectivity index is 2.48. The molecule has 0 unspecified atom stereocenters. The van der Waals surface area contributed by atoms with E-state index in [0.29, 0.717) is 12.5 Å². The monoisotopic (exact) mass is 262 g/mol. The Bertz CT molecular complexity index is 397. The highest BCUT2D eigenvalue weighted by atomic mass is 16.1. The van der Waals surface area contributed by atoms with Crippen molar-refractivity contribution < 1.29 is 4.79 Å². The highest BCUT2D eigenvalue weighted by molar-refractivity contribution is 5.81. The largest absolute Gasteiger partial charge is 0.376 e. The van der Waals surface area contributed by atoms with Gasteiger partial charge < -0.3 is 10.6 Å². The molecule has 0 aliphatic heterocycles. The molecule has 1 aromatic carbocycles. The molecule has 0 spiro atoms. The molecule has 0 heterocycles. The van der Waals surface area contributed by atoms with Crippen LogP contribution >= 0.6 is 0 Å². The van der Waals surface area contributed by atoms with Crippen molar-refractivity contribution in [3.63, 3.8) is 0 Å². The van der Waals surface area contributed by atoms with Crippen LogP contribution in [0.1, 0.15) is 52.0 Å². The number of carbonyl (C=O) groups is 1. The van der Waals surface area contributed by atoms with Gasteiger partial charge in [-0.1, -0.05) is 39.8 Å². The van der Waals surface area contributed by atoms with Gasteiger partial charge in [0.25, 0.3) is 0 Å². The summed E-state index contributed by atoms with van der Waals surface area (Å²) in [4.78, 5) is 11.8. The van der Waals surface area contributed by atoms with Crippen molar-refractivity contribution in [2.75, 3.05) is 11.9 Å². The Labute approximate surface area is 116 Å². The molecule has 106 valence electrons. The average molecular weight is 262 g/mol. The minimum atomic E-state index is 0.0589. The van der Waals surface area contributed by atoms with Crippen LogP contribution in [0.2, 0.25) is 0 Å². The van der Waals surface area contributed by atoms with E-state index in [2.05, 4.69) is 50.5 Å². The average Bonchev–Trinajstić information content (AvgIpc) is 2.42. The summed E-state index contributed by atoms with van der Waals surface area (Å²) in [6.45, 7) is 8.85. The molecule has 0 aromatic heterocycles. The number of hydrogen-bond acceptors (Lipinski definition) is 2. The number of hydrogen-bond donors (Lipinski definition) is 2. The van der Waals surface area contributed by atoms with E-state index in [9.17, 15) is 4.79 Å². The van der Waals surface area contributed by atoms with Gasteiger partial charge in [-0.2, -0.15) is 0 Å². The number of carbonyl (C=O) groups excluding carboxylic acids is 1. The summed E-state index contributed by atoms with van der Waals surface area (Å²) in [5.41, 5.74) is 2.29. The summed E-state index contributed by atoms with van der Waals surface area (Å²) < 4.78 is 0. The third-order valence-corrected chi connectivity index (χ3v) is 3.36. The van der Waals surface area contributed by atoms with E-state index in [1.807, 2.05) is 12.1 Å². The lowest BCUT2D eigenvalue weighted by atomic mass is 10.0. The molecule has 0 bridgehead atoms. The Morgan fingerprint density at radius 1 is 1.21 bits per heavy atom. The van der Waals surface area contributed by atoms with Gasteiger partial charge in [0.05, 0.1) is 6.54 Å². The molecule has 0 atom stereocenters. The molecular formula is C16H26N2O. The molecule has 0 saturated heterocycles. The molecule has 0 radical (unpaired) electrons. The first-order valence-electron chi connectivity index (χ1n) is 7.20. The molecule has 3 nitrogen and oxygen atoms in total. The zero-order chi connectivity index (χ0) is 14.3. The molecule has 2 N–H and O–H groups in total. The second-order valence-electron chi connectivity index (χ2n) is 5.21. The summed E-state index contributed by atoms with van der Waals surface area (Å²) in [6.07, 6.45) is 1.95. The van der Waals surface area contributed by atoms with Gasteiger partial charge in [0.15, 0.2) is 0 Å². The predicted molar refractivity (Wildman–Crippen MR) is 81.5 cm³/mol. The molecule has 0 fully saturated rings. The molecule has 19 heavy (non-hydrogen) atoms. The number of anilines is 1. The maximum atomic E-state index is 11.8. The highest BCUT2D eigenvalue weighted by Gasteiger charge is 2.08. The van der Waals surface area contributed by atoms with Gasteiger partial charge in [-0.25, -0.2) is 0 Å². The normalized spacial score (nSPS) is 10.8.